The van der Waals surface area contributed by atoms with Crippen LogP contribution in [0.25, 0.3) is 0 Å². The fraction of sp³-hybridized carbons (Fsp3) is 0.143. The minimum Gasteiger partial charge on any atom is -0.388 e. The quantitative estimate of drug-likeness (QED) is 0.844. The van der Waals surface area contributed by atoms with Gasteiger partial charge in [0.25, 0.3) is 0 Å². The normalized spacial score (nSPS) is 12.4. The van der Waals surface area contributed by atoms with E-state index in [9.17, 15) is 9.50 Å². The molecule has 3 heteroatoms. The molecule has 0 spiro atoms. The van der Waals surface area contributed by atoms with Gasteiger partial charge in [-0.25, -0.2) is 4.39 Å². The summed E-state index contributed by atoms with van der Waals surface area (Å²) >= 11 is 2.04. The van der Waals surface area contributed by atoms with E-state index in [4.69, 9.17) is 0 Å². The highest BCUT2D eigenvalue weighted by molar-refractivity contribution is 14.1. The van der Waals surface area contributed by atoms with Crippen LogP contribution in [0.5, 0.6) is 0 Å². The zero-order valence-electron chi connectivity index (χ0n) is 9.11. The Bertz CT molecular complexity index is 499. The van der Waals surface area contributed by atoms with E-state index in [1.807, 2.05) is 52.9 Å². The second-order valence-corrected chi connectivity index (χ2v) is 5.03. The van der Waals surface area contributed by atoms with Gasteiger partial charge in [-0.05, 0) is 45.9 Å². The van der Waals surface area contributed by atoms with Crippen molar-refractivity contribution in [2.24, 2.45) is 0 Å². The minimum atomic E-state index is -0.593. The third kappa shape index (κ3) is 3.26. The Labute approximate surface area is 113 Å². The van der Waals surface area contributed by atoms with Gasteiger partial charge in [0.2, 0.25) is 0 Å². The van der Waals surface area contributed by atoms with Gasteiger partial charge >= 0.3 is 0 Å². The van der Waals surface area contributed by atoms with Crippen LogP contribution in [0.3, 0.4) is 0 Å². The van der Waals surface area contributed by atoms with Gasteiger partial charge in [-0.1, -0.05) is 36.4 Å². The Morgan fingerprint density at radius 2 is 1.82 bits per heavy atom. The summed E-state index contributed by atoms with van der Waals surface area (Å²) in [5.41, 5.74) is 1.84. The van der Waals surface area contributed by atoms with Crippen LogP contribution in [0.4, 0.5) is 4.39 Å². The summed E-state index contributed by atoms with van der Waals surface area (Å²) in [5.74, 6) is -0.273. The van der Waals surface area contributed by atoms with E-state index in [1.165, 1.54) is 12.1 Å². The Hall–Kier alpha value is -0.940. The number of rotatable bonds is 3. The maximum absolute atomic E-state index is 13.0. The fourth-order valence-electron chi connectivity index (χ4n) is 1.72. The van der Waals surface area contributed by atoms with Crippen LogP contribution >= 0.6 is 22.6 Å². The maximum atomic E-state index is 13.0. The lowest BCUT2D eigenvalue weighted by atomic mass is 10.0. The number of aliphatic hydroxyl groups excluding tert-OH is 1. The molecule has 0 aliphatic heterocycles. The highest BCUT2D eigenvalue weighted by Crippen LogP contribution is 2.24. The summed E-state index contributed by atoms with van der Waals surface area (Å²) in [4.78, 5) is 0. The molecule has 0 bridgehead atoms. The van der Waals surface area contributed by atoms with Crippen molar-refractivity contribution in [3.8, 4) is 0 Å². The van der Waals surface area contributed by atoms with Gasteiger partial charge in [0.1, 0.15) is 5.82 Å². The van der Waals surface area contributed by atoms with Crippen LogP contribution in [0.2, 0.25) is 0 Å². The van der Waals surface area contributed by atoms with Crippen LogP contribution < -0.4 is 0 Å². The summed E-state index contributed by atoms with van der Waals surface area (Å²) in [7, 11) is 0. The average molecular weight is 342 g/mol. The summed E-state index contributed by atoms with van der Waals surface area (Å²) in [5, 5.41) is 10.1. The van der Waals surface area contributed by atoms with Crippen LogP contribution in [0.1, 0.15) is 17.2 Å². The first-order valence-electron chi connectivity index (χ1n) is 5.34. The summed E-state index contributed by atoms with van der Waals surface area (Å²) < 4.78 is 13.7. The number of aliphatic hydroxyl groups is 1. The lowest BCUT2D eigenvalue weighted by Crippen LogP contribution is -2.04. The minimum absolute atomic E-state index is 0.273. The van der Waals surface area contributed by atoms with Crippen molar-refractivity contribution in [1.29, 1.82) is 0 Å². The summed E-state index contributed by atoms with van der Waals surface area (Å²) in [6, 6.07) is 14.2. The molecule has 17 heavy (non-hydrogen) atoms. The Morgan fingerprint density at radius 1 is 1.12 bits per heavy atom. The molecule has 2 aromatic rings. The molecule has 1 atom stereocenters. The zero-order valence-corrected chi connectivity index (χ0v) is 11.3. The van der Waals surface area contributed by atoms with Crippen LogP contribution in [-0.2, 0) is 6.42 Å². The number of halogens is 2. The first-order valence-corrected chi connectivity index (χ1v) is 6.41. The van der Waals surface area contributed by atoms with Gasteiger partial charge in [0.05, 0.1) is 6.10 Å². The van der Waals surface area contributed by atoms with E-state index < -0.39 is 6.10 Å². The molecule has 0 saturated heterocycles. The highest BCUT2D eigenvalue weighted by atomic mass is 127. The van der Waals surface area contributed by atoms with Crippen molar-refractivity contribution in [1.82, 2.24) is 0 Å². The van der Waals surface area contributed by atoms with E-state index >= 15 is 0 Å². The molecule has 0 heterocycles. The van der Waals surface area contributed by atoms with E-state index in [-0.39, 0.29) is 5.82 Å². The maximum Gasteiger partial charge on any atom is 0.124 e. The van der Waals surface area contributed by atoms with Crippen molar-refractivity contribution >= 4 is 22.6 Å². The van der Waals surface area contributed by atoms with Crippen molar-refractivity contribution in [2.75, 3.05) is 0 Å². The molecule has 0 aliphatic carbocycles. The molecule has 1 N–H and O–H groups in total. The number of hydrogen-bond donors (Lipinski definition) is 1. The molecule has 0 aliphatic rings. The second-order valence-electron chi connectivity index (χ2n) is 3.87. The van der Waals surface area contributed by atoms with Crippen molar-refractivity contribution in [2.45, 2.75) is 12.5 Å². The van der Waals surface area contributed by atoms with Gasteiger partial charge in [0, 0.05) is 9.99 Å². The van der Waals surface area contributed by atoms with Crippen molar-refractivity contribution < 1.29 is 9.50 Å². The SMILES string of the molecule is OC(Cc1ccccc1)c1ccc(F)cc1I. The average Bonchev–Trinajstić information content (AvgIpc) is 2.30. The standard InChI is InChI=1S/C14H12FIO/c15-11-6-7-12(13(16)9-11)14(17)8-10-4-2-1-3-5-10/h1-7,9,14,17H,8H2. The molecular weight excluding hydrogens is 330 g/mol. The third-order valence-electron chi connectivity index (χ3n) is 2.59. The molecule has 88 valence electrons. The summed E-state index contributed by atoms with van der Waals surface area (Å²) in [6.07, 6.45) is -0.0486. The van der Waals surface area contributed by atoms with Gasteiger partial charge in [-0.3, -0.25) is 0 Å². The predicted molar refractivity (Wildman–Crippen MR) is 74.2 cm³/mol. The van der Waals surface area contributed by atoms with Crippen LogP contribution in [-0.4, -0.2) is 5.11 Å². The van der Waals surface area contributed by atoms with Crippen LogP contribution in [0, 0.1) is 9.39 Å². The van der Waals surface area contributed by atoms with Gasteiger partial charge in [-0.2, -0.15) is 0 Å². The first-order chi connectivity index (χ1) is 8.16. The Morgan fingerprint density at radius 3 is 2.47 bits per heavy atom. The molecule has 1 unspecified atom stereocenters. The van der Waals surface area contributed by atoms with E-state index in [0.29, 0.717) is 6.42 Å². The van der Waals surface area contributed by atoms with Crippen molar-refractivity contribution in [3.05, 3.63) is 69.0 Å². The molecule has 0 radical (unpaired) electrons. The zero-order chi connectivity index (χ0) is 12.3. The van der Waals surface area contributed by atoms with Gasteiger partial charge < -0.3 is 5.11 Å². The van der Waals surface area contributed by atoms with Crippen molar-refractivity contribution in [3.63, 3.8) is 0 Å². The molecule has 0 aromatic heterocycles. The Balaban J connectivity index is 2.17. The predicted octanol–water partition coefficient (Wildman–Crippen LogP) is 3.71. The molecule has 2 aromatic carbocycles. The second kappa shape index (κ2) is 5.60. The molecule has 0 saturated carbocycles. The monoisotopic (exact) mass is 342 g/mol. The van der Waals surface area contributed by atoms with E-state index in [0.717, 1.165) is 14.7 Å². The molecule has 2 rings (SSSR count). The number of hydrogen-bond acceptors (Lipinski definition) is 1. The third-order valence-corrected chi connectivity index (χ3v) is 3.53. The largest absolute Gasteiger partial charge is 0.388 e. The van der Waals surface area contributed by atoms with E-state index in [2.05, 4.69) is 0 Å². The topological polar surface area (TPSA) is 20.2 Å². The highest BCUT2D eigenvalue weighted by Gasteiger charge is 2.12. The molecule has 1 nitrogen and oxygen atoms in total. The molecule has 0 amide bonds. The fourth-order valence-corrected chi connectivity index (χ4v) is 2.56. The van der Waals surface area contributed by atoms with Gasteiger partial charge in [0.15, 0.2) is 0 Å². The summed E-state index contributed by atoms with van der Waals surface area (Å²) in [6.45, 7) is 0. The molecule has 0 fully saturated rings. The lowest BCUT2D eigenvalue weighted by Gasteiger charge is -2.13. The van der Waals surface area contributed by atoms with Gasteiger partial charge in [-0.15, -0.1) is 0 Å². The van der Waals surface area contributed by atoms with Crippen LogP contribution in [0.15, 0.2) is 48.5 Å². The lowest BCUT2D eigenvalue weighted by molar-refractivity contribution is 0.177. The first kappa shape index (κ1) is 12.5. The number of benzene rings is 2. The molecular formula is C14H12FIO. The Kier molecular flexibility index (Phi) is 4.12. The smallest absolute Gasteiger partial charge is 0.124 e. The van der Waals surface area contributed by atoms with E-state index in [1.54, 1.807) is 6.07 Å².